The van der Waals surface area contributed by atoms with Gasteiger partial charge in [0, 0.05) is 12.5 Å². The Balaban J connectivity index is 1.36. The van der Waals surface area contributed by atoms with Crippen LogP contribution in [0.15, 0.2) is 51.5 Å². The van der Waals surface area contributed by atoms with Gasteiger partial charge in [-0.15, -0.1) is 10.2 Å². The van der Waals surface area contributed by atoms with Crippen LogP contribution in [0.1, 0.15) is 30.2 Å². The lowest BCUT2D eigenvalue weighted by Crippen LogP contribution is -2.32. The summed E-state index contributed by atoms with van der Waals surface area (Å²) in [7, 11) is 0. The monoisotopic (exact) mass is 327 g/mol. The third-order valence-corrected chi connectivity index (χ3v) is 4.40. The van der Waals surface area contributed by atoms with Crippen molar-refractivity contribution in [1.82, 2.24) is 15.1 Å². The molecule has 2 aromatic heterocycles. The molecule has 24 heavy (non-hydrogen) atoms. The molecule has 5 nitrogen and oxygen atoms in total. The molecule has 3 aromatic rings. The number of hydrogen-bond acceptors (Lipinski definition) is 5. The van der Waals surface area contributed by atoms with E-state index in [9.17, 15) is 4.39 Å². The molecule has 0 N–H and O–H groups in total. The van der Waals surface area contributed by atoms with Gasteiger partial charge in [-0.1, -0.05) is 12.1 Å². The molecule has 1 aromatic carbocycles. The van der Waals surface area contributed by atoms with Crippen molar-refractivity contribution in [1.29, 1.82) is 0 Å². The molecule has 0 spiro atoms. The molecule has 3 heterocycles. The molecule has 0 bridgehead atoms. The van der Waals surface area contributed by atoms with Gasteiger partial charge in [0.2, 0.25) is 5.89 Å². The highest BCUT2D eigenvalue weighted by Gasteiger charge is 2.25. The summed E-state index contributed by atoms with van der Waals surface area (Å²) in [5.74, 6) is 1.78. The van der Waals surface area contributed by atoms with Crippen molar-refractivity contribution in [3.05, 3.63) is 59.9 Å². The Hall–Kier alpha value is -2.47. The minimum atomic E-state index is -0.182. The molecule has 1 aliphatic rings. The molecule has 0 aliphatic carbocycles. The maximum Gasteiger partial charge on any atom is 0.283 e. The number of likely N-dealkylation sites (tertiary alicyclic amines) is 1. The van der Waals surface area contributed by atoms with E-state index in [1.54, 1.807) is 30.5 Å². The summed E-state index contributed by atoms with van der Waals surface area (Å²) in [5.41, 5.74) is 1.01. The molecule has 0 atom stereocenters. The van der Waals surface area contributed by atoms with E-state index in [4.69, 9.17) is 8.83 Å². The Kier molecular flexibility index (Phi) is 4.13. The van der Waals surface area contributed by atoms with Gasteiger partial charge in [-0.3, -0.25) is 4.90 Å². The van der Waals surface area contributed by atoms with Gasteiger partial charge in [0.15, 0.2) is 5.76 Å². The van der Waals surface area contributed by atoms with Gasteiger partial charge in [0.25, 0.3) is 5.89 Å². The van der Waals surface area contributed by atoms with Crippen molar-refractivity contribution in [2.75, 3.05) is 13.1 Å². The van der Waals surface area contributed by atoms with Crippen LogP contribution >= 0.6 is 0 Å². The minimum absolute atomic E-state index is 0.182. The van der Waals surface area contributed by atoms with Crippen LogP contribution in [0.25, 0.3) is 11.7 Å². The molecule has 0 saturated carbocycles. The fourth-order valence-electron chi connectivity index (χ4n) is 3.13. The number of piperidine rings is 1. The molecule has 124 valence electrons. The molecule has 1 fully saturated rings. The molecule has 0 amide bonds. The first-order valence-electron chi connectivity index (χ1n) is 8.12. The largest absolute Gasteiger partial charge is 0.459 e. The van der Waals surface area contributed by atoms with Crippen molar-refractivity contribution in [3.63, 3.8) is 0 Å². The lowest BCUT2D eigenvalue weighted by Gasteiger charge is -2.30. The summed E-state index contributed by atoms with van der Waals surface area (Å²) < 4.78 is 24.3. The van der Waals surface area contributed by atoms with E-state index in [1.807, 2.05) is 6.07 Å². The second-order valence-electron chi connectivity index (χ2n) is 6.10. The number of halogens is 1. The van der Waals surface area contributed by atoms with Crippen LogP contribution in [0.2, 0.25) is 0 Å². The molecular weight excluding hydrogens is 309 g/mol. The van der Waals surface area contributed by atoms with Gasteiger partial charge in [-0.25, -0.2) is 4.39 Å². The average Bonchev–Trinajstić information content (AvgIpc) is 3.27. The van der Waals surface area contributed by atoms with Gasteiger partial charge >= 0.3 is 0 Å². The quantitative estimate of drug-likeness (QED) is 0.728. The van der Waals surface area contributed by atoms with Crippen LogP contribution in [0, 0.1) is 5.82 Å². The van der Waals surface area contributed by atoms with E-state index in [-0.39, 0.29) is 11.7 Å². The standard InChI is InChI=1S/C18H18FN3O2/c19-15-4-1-3-13(11-15)12-22-8-6-14(7-9-22)17-20-21-18(24-17)16-5-2-10-23-16/h1-5,10-11,14H,6-9,12H2. The smallest absolute Gasteiger partial charge is 0.283 e. The van der Waals surface area contributed by atoms with E-state index in [2.05, 4.69) is 15.1 Å². The van der Waals surface area contributed by atoms with Crippen molar-refractivity contribution in [3.8, 4) is 11.7 Å². The van der Waals surface area contributed by atoms with Crippen LogP contribution in [-0.4, -0.2) is 28.2 Å². The van der Waals surface area contributed by atoms with E-state index in [0.29, 0.717) is 17.5 Å². The Morgan fingerprint density at radius 1 is 1.12 bits per heavy atom. The zero-order chi connectivity index (χ0) is 16.4. The van der Waals surface area contributed by atoms with E-state index in [1.165, 1.54) is 6.07 Å². The van der Waals surface area contributed by atoms with Crippen LogP contribution in [-0.2, 0) is 6.54 Å². The molecular formula is C18H18FN3O2. The fraction of sp³-hybridized carbons (Fsp3) is 0.333. The number of benzene rings is 1. The van der Waals surface area contributed by atoms with Crippen molar-refractivity contribution in [2.24, 2.45) is 0 Å². The summed E-state index contributed by atoms with van der Waals surface area (Å²) in [4.78, 5) is 2.33. The van der Waals surface area contributed by atoms with Gasteiger partial charge in [0.1, 0.15) is 5.82 Å². The minimum Gasteiger partial charge on any atom is -0.459 e. The van der Waals surface area contributed by atoms with Crippen LogP contribution in [0.5, 0.6) is 0 Å². The Labute approximate surface area is 139 Å². The van der Waals surface area contributed by atoms with Gasteiger partial charge < -0.3 is 8.83 Å². The first-order valence-corrected chi connectivity index (χ1v) is 8.12. The predicted molar refractivity (Wildman–Crippen MR) is 85.7 cm³/mol. The highest BCUT2D eigenvalue weighted by atomic mass is 19.1. The van der Waals surface area contributed by atoms with Crippen molar-refractivity contribution < 1.29 is 13.2 Å². The van der Waals surface area contributed by atoms with Crippen LogP contribution in [0.4, 0.5) is 4.39 Å². The molecule has 0 unspecified atom stereocenters. The molecule has 1 saturated heterocycles. The molecule has 1 aliphatic heterocycles. The summed E-state index contributed by atoms with van der Waals surface area (Å²) in [6.45, 7) is 2.63. The highest BCUT2D eigenvalue weighted by Crippen LogP contribution is 2.30. The zero-order valence-corrected chi connectivity index (χ0v) is 13.2. The molecule has 6 heteroatoms. The van der Waals surface area contributed by atoms with E-state index < -0.39 is 0 Å². The summed E-state index contributed by atoms with van der Waals surface area (Å²) in [6.07, 6.45) is 3.49. The Morgan fingerprint density at radius 2 is 2.00 bits per heavy atom. The zero-order valence-electron chi connectivity index (χ0n) is 13.2. The highest BCUT2D eigenvalue weighted by molar-refractivity contribution is 5.42. The number of aromatic nitrogens is 2. The third-order valence-electron chi connectivity index (χ3n) is 4.40. The average molecular weight is 327 g/mol. The normalized spacial score (nSPS) is 16.5. The Bertz CT molecular complexity index is 792. The lowest BCUT2D eigenvalue weighted by molar-refractivity contribution is 0.193. The van der Waals surface area contributed by atoms with Crippen LogP contribution < -0.4 is 0 Å². The summed E-state index contributed by atoms with van der Waals surface area (Å²) in [5, 5.41) is 8.24. The Morgan fingerprint density at radius 3 is 2.75 bits per heavy atom. The molecule has 0 radical (unpaired) electrons. The predicted octanol–water partition coefficient (Wildman–Crippen LogP) is 3.85. The summed E-state index contributed by atoms with van der Waals surface area (Å²) in [6, 6.07) is 10.4. The maximum atomic E-state index is 13.3. The lowest BCUT2D eigenvalue weighted by atomic mass is 9.96. The third kappa shape index (κ3) is 3.23. The second-order valence-corrected chi connectivity index (χ2v) is 6.10. The first-order chi connectivity index (χ1) is 11.8. The SMILES string of the molecule is Fc1cccc(CN2CCC(c3nnc(-c4ccco4)o3)CC2)c1. The van der Waals surface area contributed by atoms with E-state index in [0.717, 1.165) is 38.0 Å². The van der Waals surface area contributed by atoms with Gasteiger partial charge in [-0.2, -0.15) is 0 Å². The van der Waals surface area contributed by atoms with Crippen LogP contribution in [0.3, 0.4) is 0 Å². The van der Waals surface area contributed by atoms with Gasteiger partial charge in [0.05, 0.1) is 6.26 Å². The topological polar surface area (TPSA) is 55.3 Å². The second kappa shape index (κ2) is 6.57. The number of hydrogen-bond donors (Lipinski definition) is 0. The fourth-order valence-corrected chi connectivity index (χ4v) is 3.13. The first kappa shape index (κ1) is 15.1. The number of rotatable bonds is 4. The van der Waals surface area contributed by atoms with Crippen molar-refractivity contribution in [2.45, 2.75) is 25.3 Å². The molecule has 4 rings (SSSR count). The maximum absolute atomic E-state index is 13.3. The van der Waals surface area contributed by atoms with Gasteiger partial charge in [-0.05, 0) is 55.8 Å². The van der Waals surface area contributed by atoms with Crippen molar-refractivity contribution >= 4 is 0 Å². The van der Waals surface area contributed by atoms with E-state index >= 15 is 0 Å². The summed E-state index contributed by atoms with van der Waals surface area (Å²) >= 11 is 0. The number of nitrogens with zero attached hydrogens (tertiary/aromatic N) is 3. The number of furan rings is 1.